The summed E-state index contributed by atoms with van der Waals surface area (Å²) in [5.74, 6) is -0.231. The summed E-state index contributed by atoms with van der Waals surface area (Å²) in [5, 5.41) is 2.95. The Labute approximate surface area is 123 Å². The zero-order valence-corrected chi connectivity index (χ0v) is 12.0. The van der Waals surface area contributed by atoms with E-state index < -0.39 is 5.92 Å². The van der Waals surface area contributed by atoms with Crippen LogP contribution in [0.4, 0.5) is 4.39 Å². The van der Waals surface area contributed by atoms with E-state index in [0.29, 0.717) is 12.5 Å². The second kappa shape index (κ2) is 5.47. The van der Waals surface area contributed by atoms with Crippen molar-refractivity contribution < 1.29 is 14.0 Å². The van der Waals surface area contributed by atoms with Gasteiger partial charge >= 0.3 is 0 Å². The topological polar surface area (TPSA) is 49.4 Å². The maximum atomic E-state index is 13.1. The van der Waals surface area contributed by atoms with Crippen molar-refractivity contribution in [3.63, 3.8) is 0 Å². The molecule has 1 aliphatic carbocycles. The minimum atomic E-state index is -0.397. The van der Waals surface area contributed by atoms with E-state index in [-0.39, 0.29) is 30.1 Å². The molecule has 1 N–H and O–H groups in total. The molecule has 1 aromatic rings. The lowest BCUT2D eigenvalue weighted by Gasteiger charge is -2.25. The lowest BCUT2D eigenvalue weighted by atomic mass is 9.93. The first kappa shape index (κ1) is 14.0. The van der Waals surface area contributed by atoms with Crippen LogP contribution in [0, 0.1) is 17.7 Å². The average molecular weight is 290 g/mol. The van der Waals surface area contributed by atoms with Gasteiger partial charge in [0.1, 0.15) is 5.82 Å². The number of benzene rings is 1. The van der Waals surface area contributed by atoms with E-state index >= 15 is 0 Å². The Kier molecular flexibility index (Phi) is 3.66. The van der Waals surface area contributed by atoms with Gasteiger partial charge in [-0.1, -0.05) is 12.1 Å². The maximum Gasteiger partial charge on any atom is 0.226 e. The summed E-state index contributed by atoms with van der Waals surface area (Å²) in [7, 11) is 1.70. The molecule has 112 valence electrons. The molecule has 0 unspecified atom stereocenters. The van der Waals surface area contributed by atoms with Crippen molar-refractivity contribution >= 4 is 11.8 Å². The zero-order chi connectivity index (χ0) is 15.0. The normalized spacial score (nSPS) is 25.2. The van der Waals surface area contributed by atoms with Crippen LogP contribution in [-0.2, 0) is 9.59 Å². The molecule has 1 saturated carbocycles. The Bertz CT molecular complexity index is 554. The highest BCUT2D eigenvalue weighted by Gasteiger charge is 2.42. The van der Waals surface area contributed by atoms with E-state index in [9.17, 15) is 14.0 Å². The van der Waals surface area contributed by atoms with Crippen LogP contribution in [0.2, 0.25) is 0 Å². The second-order valence-corrected chi connectivity index (χ2v) is 6.00. The van der Waals surface area contributed by atoms with Crippen molar-refractivity contribution in [1.82, 2.24) is 10.2 Å². The Morgan fingerprint density at radius 1 is 1.33 bits per heavy atom. The Morgan fingerprint density at radius 2 is 2.00 bits per heavy atom. The van der Waals surface area contributed by atoms with Gasteiger partial charge in [0.05, 0.1) is 12.0 Å². The van der Waals surface area contributed by atoms with Crippen LogP contribution in [0.1, 0.15) is 30.9 Å². The molecular weight excluding hydrogens is 271 g/mol. The van der Waals surface area contributed by atoms with E-state index in [1.54, 1.807) is 24.1 Å². The predicted molar refractivity (Wildman–Crippen MR) is 75.8 cm³/mol. The highest BCUT2D eigenvalue weighted by molar-refractivity contribution is 5.90. The molecule has 0 bridgehead atoms. The highest BCUT2D eigenvalue weighted by Crippen LogP contribution is 2.37. The molecule has 1 saturated heterocycles. The van der Waals surface area contributed by atoms with E-state index in [1.807, 2.05) is 0 Å². The summed E-state index contributed by atoms with van der Waals surface area (Å²) in [4.78, 5) is 25.9. The summed E-state index contributed by atoms with van der Waals surface area (Å²) in [5.41, 5.74) is 0.802. The molecule has 0 radical (unpaired) electrons. The van der Waals surface area contributed by atoms with Gasteiger partial charge < -0.3 is 10.2 Å². The molecule has 0 spiro atoms. The predicted octanol–water partition coefficient (Wildman–Crippen LogP) is 1.87. The van der Waals surface area contributed by atoms with Gasteiger partial charge in [0.15, 0.2) is 0 Å². The summed E-state index contributed by atoms with van der Waals surface area (Å²) >= 11 is 0. The van der Waals surface area contributed by atoms with Gasteiger partial charge in [-0.15, -0.1) is 0 Å². The number of hydrogen-bond acceptors (Lipinski definition) is 2. The van der Waals surface area contributed by atoms with Crippen LogP contribution in [-0.4, -0.2) is 30.3 Å². The van der Waals surface area contributed by atoms with Crippen LogP contribution in [0.25, 0.3) is 0 Å². The lowest BCUT2D eigenvalue weighted by Crippen LogP contribution is -2.35. The van der Waals surface area contributed by atoms with Crippen molar-refractivity contribution in [2.24, 2.45) is 11.8 Å². The molecular formula is C16H19FN2O2. The van der Waals surface area contributed by atoms with E-state index in [4.69, 9.17) is 0 Å². The molecule has 21 heavy (non-hydrogen) atoms. The van der Waals surface area contributed by atoms with Gasteiger partial charge in [0, 0.05) is 20.0 Å². The fourth-order valence-corrected chi connectivity index (χ4v) is 2.92. The SMILES string of the molecule is CN1C(=O)C[C@H](C(=O)NCC2CC2)[C@@H]1c1ccc(F)cc1. The maximum absolute atomic E-state index is 13.1. The van der Waals surface area contributed by atoms with Crippen molar-refractivity contribution in [3.05, 3.63) is 35.6 Å². The molecule has 1 aliphatic heterocycles. The summed E-state index contributed by atoms with van der Waals surface area (Å²) in [6, 6.07) is 5.72. The molecule has 2 fully saturated rings. The lowest BCUT2D eigenvalue weighted by molar-refractivity contribution is -0.128. The zero-order valence-electron chi connectivity index (χ0n) is 12.0. The van der Waals surface area contributed by atoms with Gasteiger partial charge in [-0.05, 0) is 36.5 Å². The minimum Gasteiger partial charge on any atom is -0.355 e. The van der Waals surface area contributed by atoms with Gasteiger partial charge in [-0.25, -0.2) is 4.39 Å². The number of amides is 2. The van der Waals surface area contributed by atoms with Crippen molar-refractivity contribution in [2.75, 3.05) is 13.6 Å². The second-order valence-electron chi connectivity index (χ2n) is 6.00. The minimum absolute atomic E-state index is 0.0455. The summed E-state index contributed by atoms with van der Waals surface area (Å²) < 4.78 is 13.1. The van der Waals surface area contributed by atoms with Gasteiger partial charge in [0.25, 0.3) is 0 Å². The average Bonchev–Trinajstić information content (AvgIpc) is 3.25. The number of halogens is 1. The number of hydrogen-bond donors (Lipinski definition) is 1. The first-order valence-electron chi connectivity index (χ1n) is 7.35. The Morgan fingerprint density at radius 3 is 2.62 bits per heavy atom. The van der Waals surface area contributed by atoms with Crippen LogP contribution in [0.15, 0.2) is 24.3 Å². The molecule has 2 aliphatic rings. The third-order valence-electron chi connectivity index (χ3n) is 4.40. The third-order valence-corrected chi connectivity index (χ3v) is 4.40. The van der Waals surface area contributed by atoms with Crippen LogP contribution in [0.5, 0.6) is 0 Å². The van der Waals surface area contributed by atoms with Crippen molar-refractivity contribution in [2.45, 2.75) is 25.3 Å². The number of carbonyl (C=O) groups excluding carboxylic acids is 2. The fraction of sp³-hybridized carbons (Fsp3) is 0.500. The van der Waals surface area contributed by atoms with Crippen molar-refractivity contribution in [3.8, 4) is 0 Å². The first-order chi connectivity index (χ1) is 10.1. The van der Waals surface area contributed by atoms with E-state index in [0.717, 1.165) is 5.56 Å². The number of likely N-dealkylation sites (tertiary alicyclic amines) is 1. The molecule has 1 heterocycles. The van der Waals surface area contributed by atoms with E-state index in [2.05, 4.69) is 5.32 Å². The summed E-state index contributed by atoms with van der Waals surface area (Å²) in [6.45, 7) is 0.698. The van der Waals surface area contributed by atoms with Gasteiger partial charge in [0.2, 0.25) is 11.8 Å². The van der Waals surface area contributed by atoms with E-state index in [1.165, 1.54) is 25.0 Å². The molecule has 0 aromatic heterocycles. The van der Waals surface area contributed by atoms with Gasteiger partial charge in [-0.3, -0.25) is 9.59 Å². The number of nitrogens with one attached hydrogen (secondary N) is 1. The van der Waals surface area contributed by atoms with Crippen LogP contribution in [0.3, 0.4) is 0 Å². The number of carbonyl (C=O) groups is 2. The molecule has 1 aromatic carbocycles. The standard InChI is InChI=1S/C16H19FN2O2/c1-19-14(20)8-13(16(21)18-9-10-2-3-10)15(19)11-4-6-12(17)7-5-11/h4-7,10,13,15H,2-3,8-9H2,1H3,(H,18,21)/t13-,15-/m0/s1. The summed E-state index contributed by atoms with van der Waals surface area (Å²) in [6.07, 6.45) is 2.56. The molecule has 4 nitrogen and oxygen atoms in total. The number of rotatable bonds is 4. The van der Waals surface area contributed by atoms with Gasteiger partial charge in [-0.2, -0.15) is 0 Å². The highest BCUT2D eigenvalue weighted by atomic mass is 19.1. The third kappa shape index (κ3) is 2.91. The van der Waals surface area contributed by atoms with Crippen LogP contribution < -0.4 is 5.32 Å². The quantitative estimate of drug-likeness (QED) is 0.920. The molecule has 2 atom stereocenters. The Balaban J connectivity index is 1.78. The largest absolute Gasteiger partial charge is 0.355 e. The number of nitrogens with zero attached hydrogens (tertiary/aromatic N) is 1. The molecule has 3 rings (SSSR count). The monoisotopic (exact) mass is 290 g/mol. The fourth-order valence-electron chi connectivity index (χ4n) is 2.92. The van der Waals surface area contributed by atoms with Crippen molar-refractivity contribution in [1.29, 1.82) is 0 Å². The Hall–Kier alpha value is -1.91. The van der Waals surface area contributed by atoms with Crippen LogP contribution >= 0.6 is 0 Å². The first-order valence-corrected chi connectivity index (χ1v) is 7.35. The molecule has 5 heteroatoms. The smallest absolute Gasteiger partial charge is 0.226 e. The molecule has 2 amide bonds.